The first-order valence-corrected chi connectivity index (χ1v) is 11.3. The quantitative estimate of drug-likeness (QED) is 0.208. The SMILES string of the molecule is CC(COc1ccc(C(N)=O)c(O)c1)c1ccccc1CNCC(O)COc1ccc([N+](=O)[O-])cc1. The second-order valence-corrected chi connectivity index (χ2v) is 8.30. The predicted molar refractivity (Wildman–Crippen MR) is 133 cm³/mol. The summed E-state index contributed by atoms with van der Waals surface area (Å²) >= 11 is 0. The molecule has 0 aliphatic carbocycles. The van der Waals surface area contributed by atoms with Crippen molar-refractivity contribution in [1.82, 2.24) is 5.32 Å². The van der Waals surface area contributed by atoms with E-state index in [0.717, 1.165) is 11.1 Å². The number of aliphatic hydroxyl groups is 1. The van der Waals surface area contributed by atoms with Crippen molar-refractivity contribution >= 4 is 11.6 Å². The zero-order valence-corrected chi connectivity index (χ0v) is 19.8. The van der Waals surface area contributed by atoms with Gasteiger partial charge in [-0.1, -0.05) is 31.2 Å². The molecule has 0 spiro atoms. The first-order valence-electron chi connectivity index (χ1n) is 11.3. The number of primary amides is 1. The predicted octanol–water partition coefficient (Wildman–Crippen LogP) is 3.11. The van der Waals surface area contributed by atoms with E-state index in [-0.39, 0.29) is 36.1 Å². The van der Waals surface area contributed by atoms with E-state index in [2.05, 4.69) is 5.32 Å². The van der Waals surface area contributed by atoms with Crippen LogP contribution in [0.1, 0.15) is 34.3 Å². The van der Waals surface area contributed by atoms with Crippen molar-refractivity contribution in [2.45, 2.75) is 25.5 Å². The average molecular weight is 496 g/mol. The van der Waals surface area contributed by atoms with Crippen molar-refractivity contribution < 1.29 is 29.4 Å². The molecule has 0 fully saturated rings. The minimum absolute atomic E-state index is 0.0244. The van der Waals surface area contributed by atoms with Crippen LogP contribution in [0.4, 0.5) is 5.69 Å². The van der Waals surface area contributed by atoms with E-state index in [1.54, 1.807) is 6.07 Å². The largest absolute Gasteiger partial charge is 0.507 e. The molecular formula is C26H29N3O7. The van der Waals surface area contributed by atoms with E-state index in [1.807, 2.05) is 31.2 Å². The molecule has 5 N–H and O–H groups in total. The molecule has 1 amide bonds. The smallest absolute Gasteiger partial charge is 0.269 e. The normalized spacial score (nSPS) is 12.5. The fourth-order valence-corrected chi connectivity index (χ4v) is 3.59. The van der Waals surface area contributed by atoms with Crippen molar-refractivity contribution in [2.24, 2.45) is 5.73 Å². The number of carbonyl (C=O) groups excluding carboxylic acids is 1. The van der Waals surface area contributed by atoms with E-state index < -0.39 is 16.9 Å². The number of ether oxygens (including phenoxy) is 2. The summed E-state index contributed by atoms with van der Waals surface area (Å²) < 4.78 is 11.3. The first-order chi connectivity index (χ1) is 17.2. The van der Waals surface area contributed by atoms with Crippen molar-refractivity contribution in [3.63, 3.8) is 0 Å². The number of hydrogen-bond donors (Lipinski definition) is 4. The molecule has 0 radical (unpaired) electrons. The number of amides is 1. The number of nitro groups is 1. The molecule has 2 unspecified atom stereocenters. The minimum Gasteiger partial charge on any atom is -0.507 e. The Morgan fingerprint density at radius 1 is 1.06 bits per heavy atom. The lowest BCUT2D eigenvalue weighted by atomic mass is 9.96. The highest BCUT2D eigenvalue weighted by Gasteiger charge is 2.14. The highest BCUT2D eigenvalue weighted by molar-refractivity contribution is 5.95. The molecule has 0 saturated carbocycles. The summed E-state index contributed by atoms with van der Waals surface area (Å²) in [6.45, 7) is 3.21. The zero-order valence-electron chi connectivity index (χ0n) is 19.8. The molecule has 0 aliphatic heterocycles. The standard InChI is InChI=1S/C26H29N3O7/c1-17(15-35-22-10-11-24(26(27)32)25(31)12-22)23-5-3-2-4-18(23)13-28-14-20(30)16-36-21-8-6-19(7-9-21)29(33)34/h2-12,17,20,28,30-31H,13-16H2,1H3,(H2,27,32). The van der Waals surface area contributed by atoms with E-state index in [4.69, 9.17) is 15.2 Å². The molecule has 0 aliphatic rings. The molecule has 0 bridgehead atoms. The molecule has 2 atom stereocenters. The van der Waals surface area contributed by atoms with Gasteiger partial charge in [0.05, 0.1) is 17.1 Å². The summed E-state index contributed by atoms with van der Waals surface area (Å²) in [5.41, 5.74) is 7.33. The van der Waals surface area contributed by atoms with Gasteiger partial charge in [0, 0.05) is 37.2 Å². The zero-order chi connectivity index (χ0) is 26.1. The fourth-order valence-electron chi connectivity index (χ4n) is 3.59. The minimum atomic E-state index is -0.774. The van der Waals surface area contributed by atoms with Gasteiger partial charge in [-0.05, 0) is 35.4 Å². The van der Waals surface area contributed by atoms with E-state index >= 15 is 0 Å². The van der Waals surface area contributed by atoms with Gasteiger partial charge < -0.3 is 30.7 Å². The third-order valence-electron chi connectivity index (χ3n) is 5.51. The van der Waals surface area contributed by atoms with Gasteiger partial charge in [0.1, 0.15) is 30.0 Å². The third-order valence-corrected chi connectivity index (χ3v) is 5.51. The van der Waals surface area contributed by atoms with Gasteiger partial charge in [-0.25, -0.2) is 0 Å². The molecule has 3 rings (SSSR count). The monoisotopic (exact) mass is 495 g/mol. The number of nitrogens with zero attached hydrogens (tertiary/aromatic N) is 1. The van der Waals surface area contributed by atoms with Gasteiger partial charge in [0.25, 0.3) is 11.6 Å². The Labute approximate surface area is 208 Å². The van der Waals surface area contributed by atoms with E-state index in [0.29, 0.717) is 24.7 Å². The molecule has 190 valence electrons. The van der Waals surface area contributed by atoms with Crippen molar-refractivity contribution in [3.05, 3.63) is 93.5 Å². The first kappa shape index (κ1) is 26.5. The van der Waals surface area contributed by atoms with Crippen LogP contribution in [0, 0.1) is 10.1 Å². The topological polar surface area (TPSA) is 157 Å². The number of nitro benzene ring substituents is 1. The number of hydrogen-bond acceptors (Lipinski definition) is 8. The Kier molecular flexibility index (Phi) is 9.20. The maximum absolute atomic E-state index is 11.3. The van der Waals surface area contributed by atoms with Crippen LogP contribution in [0.3, 0.4) is 0 Å². The van der Waals surface area contributed by atoms with Crippen LogP contribution in [0.2, 0.25) is 0 Å². The van der Waals surface area contributed by atoms with Crippen molar-refractivity contribution in [2.75, 3.05) is 19.8 Å². The molecule has 0 saturated heterocycles. The van der Waals surface area contributed by atoms with Gasteiger partial charge in [-0.3, -0.25) is 14.9 Å². The fraction of sp³-hybridized carbons (Fsp3) is 0.269. The van der Waals surface area contributed by atoms with Gasteiger partial charge in [0.2, 0.25) is 0 Å². The second-order valence-electron chi connectivity index (χ2n) is 8.30. The van der Waals surface area contributed by atoms with Gasteiger partial charge in [-0.2, -0.15) is 0 Å². The van der Waals surface area contributed by atoms with E-state index in [9.17, 15) is 25.1 Å². The number of non-ortho nitro benzene ring substituents is 1. The molecule has 36 heavy (non-hydrogen) atoms. The van der Waals surface area contributed by atoms with Crippen molar-refractivity contribution in [1.29, 1.82) is 0 Å². The summed E-state index contributed by atoms with van der Waals surface area (Å²) in [5.74, 6) is -0.0471. The molecule has 10 nitrogen and oxygen atoms in total. The maximum Gasteiger partial charge on any atom is 0.269 e. The lowest BCUT2D eigenvalue weighted by molar-refractivity contribution is -0.384. The Hall–Kier alpha value is -4.15. The lowest BCUT2D eigenvalue weighted by Crippen LogP contribution is -2.31. The maximum atomic E-state index is 11.3. The van der Waals surface area contributed by atoms with Crippen LogP contribution in [-0.2, 0) is 6.54 Å². The number of carbonyl (C=O) groups is 1. The Balaban J connectivity index is 1.48. The number of nitrogens with two attached hydrogens (primary N) is 1. The average Bonchev–Trinajstić information content (AvgIpc) is 2.86. The molecule has 0 aromatic heterocycles. The van der Waals surface area contributed by atoms with Crippen LogP contribution in [0.15, 0.2) is 66.7 Å². The van der Waals surface area contributed by atoms with Crippen LogP contribution in [0.25, 0.3) is 0 Å². The number of benzene rings is 3. The highest BCUT2D eigenvalue weighted by atomic mass is 16.6. The number of rotatable bonds is 13. The van der Waals surface area contributed by atoms with Crippen LogP contribution in [-0.4, -0.2) is 46.9 Å². The van der Waals surface area contributed by atoms with Gasteiger partial charge in [-0.15, -0.1) is 0 Å². The molecule has 3 aromatic carbocycles. The van der Waals surface area contributed by atoms with Crippen LogP contribution in [0.5, 0.6) is 17.2 Å². The molecule has 3 aromatic rings. The second kappa shape index (κ2) is 12.5. The van der Waals surface area contributed by atoms with Crippen LogP contribution >= 0.6 is 0 Å². The Morgan fingerprint density at radius 2 is 1.72 bits per heavy atom. The number of nitrogens with one attached hydrogen (secondary N) is 1. The summed E-state index contributed by atoms with van der Waals surface area (Å²) in [4.78, 5) is 21.5. The third kappa shape index (κ3) is 7.42. The summed E-state index contributed by atoms with van der Waals surface area (Å²) in [7, 11) is 0. The van der Waals surface area contributed by atoms with Gasteiger partial charge in [0.15, 0.2) is 0 Å². The summed E-state index contributed by atoms with van der Waals surface area (Å²) in [6.07, 6.45) is -0.774. The summed E-state index contributed by atoms with van der Waals surface area (Å²) in [6, 6.07) is 17.9. The van der Waals surface area contributed by atoms with Crippen molar-refractivity contribution in [3.8, 4) is 17.2 Å². The number of aromatic hydroxyl groups is 1. The Morgan fingerprint density at radius 3 is 2.39 bits per heavy atom. The number of aliphatic hydroxyl groups excluding tert-OH is 1. The van der Waals surface area contributed by atoms with Crippen LogP contribution < -0.4 is 20.5 Å². The lowest BCUT2D eigenvalue weighted by Gasteiger charge is -2.19. The molecular weight excluding hydrogens is 466 g/mol. The summed E-state index contributed by atoms with van der Waals surface area (Å²) in [5, 5.41) is 34.1. The Bertz CT molecular complexity index is 1180. The molecule has 10 heteroatoms. The van der Waals surface area contributed by atoms with E-state index in [1.165, 1.54) is 36.4 Å². The highest BCUT2D eigenvalue weighted by Crippen LogP contribution is 2.26. The van der Waals surface area contributed by atoms with Gasteiger partial charge >= 0.3 is 0 Å². The number of phenols is 1. The molecule has 0 heterocycles.